The van der Waals surface area contributed by atoms with Gasteiger partial charge in [0.05, 0.1) is 24.8 Å². The largest absolute Gasteiger partial charge is 0.507 e. The Labute approximate surface area is 187 Å². The van der Waals surface area contributed by atoms with E-state index < -0.39 is 23.5 Å². The minimum absolute atomic E-state index is 0.0460. The van der Waals surface area contributed by atoms with Crippen LogP contribution in [0.4, 0.5) is 4.39 Å². The van der Waals surface area contributed by atoms with Crippen LogP contribution in [0.15, 0.2) is 48.0 Å². The monoisotopic (exact) mass is 441 g/mol. The topological polar surface area (TPSA) is 76.1 Å². The van der Waals surface area contributed by atoms with Gasteiger partial charge in [-0.2, -0.15) is 0 Å². The highest BCUT2D eigenvalue weighted by Gasteiger charge is 2.46. The molecule has 1 aliphatic rings. The second-order valence-electron chi connectivity index (χ2n) is 7.97. The number of amides is 1. The fourth-order valence-corrected chi connectivity index (χ4v) is 3.83. The molecule has 170 valence electrons. The first-order valence-corrected chi connectivity index (χ1v) is 10.6. The van der Waals surface area contributed by atoms with E-state index >= 15 is 0 Å². The van der Waals surface area contributed by atoms with Gasteiger partial charge in [0, 0.05) is 24.3 Å². The molecule has 1 saturated heterocycles. The molecule has 7 heteroatoms. The number of aryl methyl sites for hydroxylation is 1. The number of hydrogen-bond acceptors (Lipinski definition) is 5. The van der Waals surface area contributed by atoms with Gasteiger partial charge < -0.3 is 19.5 Å². The van der Waals surface area contributed by atoms with Gasteiger partial charge in [-0.25, -0.2) is 4.39 Å². The number of rotatable bonds is 8. The number of carbonyl (C=O) groups excluding carboxylic acids is 2. The highest BCUT2D eigenvalue weighted by Crippen LogP contribution is 2.42. The fourth-order valence-electron chi connectivity index (χ4n) is 3.83. The summed E-state index contributed by atoms with van der Waals surface area (Å²) >= 11 is 0. The number of ether oxygens (including phenoxy) is 2. The van der Waals surface area contributed by atoms with Gasteiger partial charge in [0.25, 0.3) is 11.7 Å². The van der Waals surface area contributed by atoms with Crippen molar-refractivity contribution >= 4 is 17.4 Å². The van der Waals surface area contributed by atoms with Crippen LogP contribution in [0, 0.1) is 12.7 Å². The number of aliphatic hydroxyl groups is 1. The molecule has 0 aliphatic carbocycles. The number of aliphatic hydroxyl groups excluding tert-OH is 1. The van der Waals surface area contributed by atoms with Gasteiger partial charge in [0.2, 0.25) is 0 Å². The van der Waals surface area contributed by atoms with E-state index in [1.807, 2.05) is 13.8 Å². The highest BCUT2D eigenvalue weighted by atomic mass is 19.1. The summed E-state index contributed by atoms with van der Waals surface area (Å²) in [4.78, 5) is 27.5. The third-order valence-corrected chi connectivity index (χ3v) is 5.40. The van der Waals surface area contributed by atoms with E-state index in [0.29, 0.717) is 29.9 Å². The summed E-state index contributed by atoms with van der Waals surface area (Å²) in [5, 5.41) is 11.1. The molecule has 2 aromatic carbocycles. The maximum atomic E-state index is 13.8. The quantitative estimate of drug-likeness (QED) is 0.285. The standard InChI is InChI=1S/C25H28FNO5/c1-15(2)32-13-7-12-27-22(18-8-5-6-9-20(18)31-4)21(24(29)25(27)30)23(28)17-10-11-19(26)16(3)14-17/h5-6,8-11,14-15,22,28H,7,12-13H2,1-4H3/b23-21+. The number of Topliss-reactive ketones (excluding diaryl/α,β-unsaturated/α-hetero) is 1. The summed E-state index contributed by atoms with van der Waals surface area (Å²) in [5.41, 5.74) is 1.13. The normalized spacial score (nSPS) is 17.9. The molecule has 0 saturated carbocycles. The summed E-state index contributed by atoms with van der Waals surface area (Å²) in [6, 6.07) is 10.3. The third-order valence-electron chi connectivity index (χ3n) is 5.40. The van der Waals surface area contributed by atoms with Gasteiger partial charge in [-0.1, -0.05) is 18.2 Å². The Morgan fingerprint density at radius 3 is 2.56 bits per heavy atom. The number of methoxy groups -OCH3 is 1. The molecule has 32 heavy (non-hydrogen) atoms. The van der Waals surface area contributed by atoms with Gasteiger partial charge in [-0.05, 0) is 57.0 Å². The molecule has 2 aromatic rings. The first-order chi connectivity index (χ1) is 15.3. The number of para-hydroxylation sites is 1. The maximum absolute atomic E-state index is 13.8. The average molecular weight is 441 g/mol. The van der Waals surface area contributed by atoms with E-state index in [1.54, 1.807) is 31.2 Å². The minimum Gasteiger partial charge on any atom is -0.507 e. The molecule has 1 N–H and O–H groups in total. The summed E-state index contributed by atoms with van der Waals surface area (Å²) < 4.78 is 24.8. The molecule has 1 heterocycles. The molecular formula is C25H28FNO5. The first-order valence-electron chi connectivity index (χ1n) is 10.6. The van der Waals surface area contributed by atoms with E-state index in [0.717, 1.165) is 0 Å². The number of benzene rings is 2. The van der Waals surface area contributed by atoms with Crippen molar-refractivity contribution in [3.05, 3.63) is 70.5 Å². The van der Waals surface area contributed by atoms with Crippen molar-refractivity contribution in [2.24, 2.45) is 0 Å². The van der Waals surface area contributed by atoms with Gasteiger partial charge in [-0.15, -0.1) is 0 Å². The van der Waals surface area contributed by atoms with Crippen molar-refractivity contribution in [2.75, 3.05) is 20.3 Å². The number of halogens is 1. The van der Waals surface area contributed by atoms with Crippen LogP contribution in [0.5, 0.6) is 5.75 Å². The van der Waals surface area contributed by atoms with Gasteiger partial charge >= 0.3 is 0 Å². The third kappa shape index (κ3) is 4.67. The molecular weight excluding hydrogens is 413 g/mol. The number of likely N-dealkylation sites (tertiary alicyclic amines) is 1. The molecule has 6 nitrogen and oxygen atoms in total. The minimum atomic E-state index is -0.837. The predicted octanol–water partition coefficient (Wildman–Crippen LogP) is 4.38. The zero-order valence-corrected chi connectivity index (χ0v) is 18.7. The van der Waals surface area contributed by atoms with Crippen LogP contribution >= 0.6 is 0 Å². The Morgan fingerprint density at radius 1 is 1.19 bits per heavy atom. The summed E-state index contributed by atoms with van der Waals surface area (Å²) in [7, 11) is 1.50. The lowest BCUT2D eigenvalue weighted by Crippen LogP contribution is -2.31. The van der Waals surface area contributed by atoms with Crippen molar-refractivity contribution in [1.82, 2.24) is 4.90 Å². The number of hydrogen-bond donors (Lipinski definition) is 1. The Hall–Kier alpha value is -3.19. The predicted molar refractivity (Wildman–Crippen MR) is 119 cm³/mol. The van der Waals surface area contributed by atoms with Crippen molar-refractivity contribution in [3.8, 4) is 5.75 Å². The van der Waals surface area contributed by atoms with Crippen LogP contribution < -0.4 is 4.74 Å². The van der Waals surface area contributed by atoms with Gasteiger partial charge in [0.1, 0.15) is 17.3 Å². The van der Waals surface area contributed by atoms with Crippen LogP contribution in [-0.2, 0) is 14.3 Å². The zero-order valence-electron chi connectivity index (χ0n) is 18.7. The summed E-state index contributed by atoms with van der Waals surface area (Å²) in [6.07, 6.45) is 0.573. The van der Waals surface area contributed by atoms with Crippen LogP contribution in [0.2, 0.25) is 0 Å². The Balaban J connectivity index is 2.10. The second-order valence-corrected chi connectivity index (χ2v) is 7.97. The summed E-state index contributed by atoms with van der Waals surface area (Å²) in [6.45, 7) is 6.10. The molecule has 0 spiro atoms. The summed E-state index contributed by atoms with van der Waals surface area (Å²) in [5.74, 6) is -1.77. The van der Waals surface area contributed by atoms with Crippen LogP contribution in [0.3, 0.4) is 0 Å². The molecule has 1 unspecified atom stereocenters. The number of ketones is 1. The molecule has 0 aromatic heterocycles. The van der Waals surface area contributed by atoms with Crippen LogP contribution in [0.25, 0.3) is 5.76 Å². The second kappa shape index (κ2) is 9.96. The Bertz CT molecular complexity index is 1050. The number of nitrogens with zero attached hydrogens (tertiary/aromatic N) is 1. The molecule has 0 bridgehead atoms. The van der Waals surface area contributed by atoms with Crippen molar-refractivity contribution < 1.29 is 28.6 Å². The van der Waals surface area contributed by atoms with Crippen LogP contribution in [0.1, 0.15) is 43.0 Å². The van der Waals surface area contributed by atoms with E-state index in [9.17, 15) is 19.1 Å². The first kappa shape index (κ1) is 23.5. The van der Waals surface area contributed by atoms with Crippen molar-refractivity contribution in [2.45, 2.75) is 39.3 Å². The lowest BCUT2D eigenvalue weighted by molar-refractivity contribution is -0.140. The molecule has 3 rings (SSSR count). The highest BCUT2D eigenvalue weighted by molar-refractivity contribution is 6.46. The van der Waals surface area contributed by atoms with Crippen LogP contribution in [-0.4, -0.2) is 48.1 Å². The smallest absolute Gasteiger partial charge is 0.295 e. The van der Waals surface area contributed by atoms with Crippen molar-refractivity contribution in [1.29, 1.82) is 0 Å². The van der Waals surface area contributed by atoms with Gasteiger partial charge in [-0.3, -0.25) is 9.59 Å². The lowest BCUT2D eigenvalue weighted by Gasteiger charge is -2.26. The van der Waals surface area contributed by atoms with Crippen molar-refractivity contribution in [3.63, 3.8) is 0 Å². The molecule has 1 amide bonds. The van der Waals surface area contributed by atoms with Gasteiger partial charge in [0.15, 0.2) is 0 Å². The molecule has 1 aliphatic heterocycles. The van der Waals surface area contributed by atoms with E-state index in [-0.39, 0.29) is 29.5 Å². The molecule has 1 atom stereocenters. The molecule has 1 fully saturated rings. The molecule has 0 radical (unpaired) electrons. The van der Waals surface area contributed by atoms with E-state index in [1.165, 1.54) is 30.2 Å². The average Bonchev–Trinajstić information content (AvgIpc) is 3.02. The number of carbonyl (C=O) groups is 2. The fraction of sp³-hybridized carbons (Fsp3) is 0.360. The van der Waals surface area contributed by atoms with E-state index in [4.69, 9.17) is 9.47 Å². The Morgan fingerprint density at radius 2 is 1.91 bits per heavy atom. The Kier molecular flexibility index (Phi) is 7.30. The maximum Gasteiger partial charge on any atom is 0.295 e. The SMILES string of the molecule is COc1ccccc1C1/C(=C(\O)c2ccc(F)c(C)c2)C(=O)C(=O)N1CCCOC(C)C. The zero-order chi connectivity index (χ0) is 23.4. The van der Waals surface area contributed by atoms with E-state index in [2.05, 4.69) is 0 Å². The lowest BCUT2D eigenvalue weighted by atomic mass is 9.94.